The third-order valence-corrected chi connectivity index (χ3v) is 5.47. The van der Waals surface area contributed by atoms with Gasteiger partial charge < -0.3 is 4.57 Å². The molecule has 2 heterocycles. The van der Waals surface area contributed by atoms with Crippen molar-refractivity contribution in [3.63, 3.8) is 0 Å². The first kappa shape index (κ1) is 12.7. The first-order valence-corrected chi connectivity index (χ1v) is 8.59. The molecule has 19 heavy (non-hydrogen) atoms. The Morgan fingerprint density at radius 3 is 2.84 bits per heavy atom. The zero-order chi connectivity index (χ0) is 13.5. The maximum Gasteiger partial charge on any atom is 0.152 e. The number of nitrogens with zero attached hydrogens (tertiary/aromatic N) is 2. The lowest BCUT2D eigenvalue weighted by atomic mass is 10.2. The molecule has 0 radical (unpaired) electrons. The fourth-order valence-corrected chi connectivity index (χ4v) is 4.58. The summed E-state index contributed by atoms with van der Waals surface area (Å²) in [5.74, 6) is 1.57. The number of aromatic nitrogens is 2. The predicted octanol–water partition coefficient (Wildman–Crippen LogP) is 2.35. The molecular formula is C14H18N2O2S. The largest absolute Gasteiger partial charge is 0.324 e. The fourth-order valence-electron chi connectivity index (χ4n) is 2.88. The Bertz CT molecular complexity index is 703. The molecule has 4 nitrogen and oxygen atoms in total. The molecule has 0 N–H and O–H groups in total. The summed E-state index contributed by atoms with van der Waals surface area (Å²) < 4.78 is 25.6. The van der Waals surface area contributed by atoms with Gasteiger partial charge in [0.1, 0.15) is 5.82 Å². The highest BCUT2D eigenvalue weighted by Gasteiger charge is 2.31. The van der Waals surface area contributed by atoms with Gasteiger partial charge in [-0.3, -0.25) is 0 Å². The first-order chi connectivity index (χ1) is 9.11. The monoisotopic (exact) mass is 278 g/mol. The van der Waals surface area contributed by atoms with E-state index in [9.17, 15) is 8.42 Å². The smallest absolute Gasteiger partial charge is 0.152 e. The molecule has 5 heteroatoms. The van der Waals surface area contributed by atoms with Crippen molar-refractivity contribution in [3.8, 4) is 0 Å². The van der Waals surface area contributed by atoms with Crippen LogP contribution in [0.25, 0.3) is 11.0 Å². The molecule has 1 unspecified atom stereocenters. The Labute approximate surface area is 113 Å². The summed E-state index contributed by atoms with van der Waals surface area (Å²) in [5.41, 5.74) is 2.03. The molecule has 0 spiro atoms. The minimum Gasteiger partial charge on any atom is -0.324 e. The van der Waals surface area contributed by atoms with Gasteiger partial charge in [0.2, 0.25) is 0 Å². The summed E-state index contributed by atoms with van der Waals surface area (Å²) in [7, 11) is -2.87. The van der Waals surface area contributed by atoms with Crippen molar-refractivity contribution in [1.29, 1.82) is 0 Å². The van der Waals surface area contributed by atoms with Gasteiger partial charge in [0.05, 0.1) is 28.6 Å². The van der Waals surface area contributed by atoms with E-state index in [2.05, 4.69) is 16.5 Å². The molecule has 0 amide bonds. The normalized spacial score (nSPS) is 22.1. The quantitative estimate of drug-likeness (QED) is 0.866. The summed E-state index contributed by atoms with van der Waals surface area (Å²) in [4.78, 5) is 4.66. The summed E-state index contributed by atoms with van der Waals surface area (Å²) in [5, 5.41) is 0. The van der Waals surface area contributed by atoms with Crippen LogP contribution in [0.15, 0.2) is 24.3 Å². The van der Waals surface area contributed by atoms with Crippen LogP contribution >= 0.6 is 0 Å². The van der Waals surface area contributed by atoms with Crippen molar-refractivity contribution in [3.05, 3.63) is 30.1 Å². The second-order valence-electron chi connectivity index (χ2n) is 5.19. The van der Waals surface area contributed by atoms with E-state index < -0.39 is 9.84 Å². The van der Waals surface area contributed by atoms with E-state index in [1.807, 2.05) is 24.3 Å². The molecule has 3 rings (SSSR count). The van der Waals surface area contributed by atoms with Crippen LogP contribution in [0.1, 0.15) is 31.6 Å². The Morgan fingerprint density at radius 1 is 1.37 bits per heavy atom. The summed E-state index contributed by atoms with van der Waals surface area (Å²) >= 11 is 0. The zero-order valence-corrected chi connectivity index (χ0v) is 11.9. The highest BCUT2D eigenvalue weighted by atomic mass is 32.2. The third kappa shape index (κ3) is 2.27. The predicted molar refractivity (Wildman–Crippen MR) is 76.0 cm³/mol. The average Bonchev–Trinajstić information content (AvgIpc) is 2.89. The Kier molecular flexibility index (Phi) is 3.09. The second kappa shape index (κ2) is 4.63. The first-order valence-electron chi connectivity index (χ1n) is 6.77. The maximum absolute atomic E-state index is 11.7. The Hall–Kier alpha value is -1.36. The van der Waals surface area contributed by atoms with E-state index >= 15 is 0 Å². The van der Waals surface area contributed by atoms with Crippen molar-refractivity contribution < 1.29 is 8.42 Å². The molecule has 0 aliphatic carbocycles. The molecule has 102 valence electrons. The van der Waals surface area contributed by atoms with Crippen LogP contribution < -0.4 is 0 Å². The SMILES string of the molecule is CCCc1nc2ccccc2n1C1CCS(=O)(=O)C1. The number of hydrogen-bond donors (Lipinski definition) is 0. The maximum atomic E-state index is 11.7. The molecule has 1 aromatic heterocycles. The molecule has 0 saturated carbocycles. The van der Waals surface area contributed by atoms with Crippen LogP contribution in [-0.4, -0.2) is 29.5 Å². The average molecular weight is 278 g/mol. The summed E-state index contributed by atoms with van der Waals surface area (Å²) in [6.07, 6.45) is 2.62. The molecular weight excluding hydrogens is 260 g/mol. The van der Waals surface area contributed by atoms with E-state index in [0.29, 0.717) is 12.2 Å². The molecule has 1 aliphatic rings. The van der Waals surface area contributed by atoms with Gasteiger partial charge >= 0.3 is 0 Å². The highest BCUT2D eigenvalue weighted by Crippen LogP contribution is 2.29. The number of hydrogen-bond acceptors (Lipinski definition) is 3. The zero-order valence-electron chi connectivity index (χ0n) is 11.0. The molecule has 1 aromatic carbocycles. The minimum atomic E-state index is -2.87. The summed E-state index contributed by atoms with van der Waals surface area (Å²) in [6.45, 7) is 2.12. The Morgan fingerprint density at radius 2 is 2.16 bits per heavy atom. The van der Waals surface area contributed by atoms with E-state index in [-0.39, 0.29) is 11.8 Å². The molecule has 0 bridgehead atoms. The van der Waals surface area contributed by atoms with Crippen molar-refractivity contribution in [2.45, 2.75) is 32.2 Å². The lowest BCUT2D eigenvalue weighted by Gasteiger charge is -2.15. The highest BCUT2D eigenvalue weighted by molar-refractivity contribution is 7.91. The molecule has 1 aliphatic heterocycles. The van der Waals surface area contributed by atoms with Gasteiger partial charge in [-0.1, -0.05) is 19.1 Å². The van der Waals surface area contributed by atoms with Crippen molar-refractivity contribution >= 4 is 20.9 Å². The van der Waals surface area contributed by atoms with Crippen molar-refractivity contribution in [2.75, 3.05) is 11.5 Å². The van der Waals surface area contributed by atoms with Gasteiger partial charge in [-0.05, 0) is 25.0 Å². The standard InChI is InChI=1S/C14H18N2O2S/c1-2-5-14-15-12-6-3-4-7-13(12)16(14)11-8-9-19(17,18)10-11/h3-4,6-7,11H,2,5,8-10H2,1H3. The van der Waals surface area contributed by atoms with Gasteiger partial charge in [-0.2, -0.15) is 0 Å². The Balaban J connectivity index is 2.12. The molecule has 2 aromatic rings. The molecule has 1 saturated heterocycles. The minimum absolute atomic E-state index is 0.0546. The van der Waals surface area contributed by atoms with Crippen molar-refractivity contribution in [1.82, 2.24) is 9.55 Å². The van der Waals surface area contributed by atoms with Crippen LogP contribution in [0.4, 0.5) is 0 Å². The van der Waals surface area contributed by atoms with Gasteiger partial charge in [-0.15, -0.1) is 0 Å². The van der Waals surface area contributed by atoms with E-state index in [0.717, 1.165) is 29.7 Å². The van der Waals surface area contributed by atoms with Crippen LogP contribution in [0.5, 0.6) is 0 Å². The topological polar surface area (TPSA) is 52.0 Å². The number of imidazole rings is 1. The lowest BCUT2D eigenvalue weighted by Crippen LogP contribution is -2.14. The van der Waals surface area contributed by atoms with Crippen LogP contribution in [-0.2, 0) is 16.3 Å². The van der Waals surface area contributed by atoms with Gasteiger partial charge in [-0.25, -0.2) is 13.4 Å². The fraction of sp³-hybridized carbons (Fsp3) is 0.500. The van der Waals surface area contributed by atoms with Crippen molar-refractivity contribution in [2.24, 2.45) is 0 Å². The van der Waals surface area contributed by atoms with Crippen LogP contribution in [0.2, 0.25) is 0 Å². The van der Waals surface area contributed by atoms with E-state index in [1.54, 1.807) is 0 Å². The second-order valence-corrected chi connectivity index (χ2v) is 7.42. The van der Waals surface area contributed by atoms with Crippen LogP contribution in [0, 0.1) is 0 Å². The number of fused-ring (bicyclic) bond motifs is 1. The number of aryl methyl sites for hydroxylation is 1. The number of rotatable bonds is 3. The summed E-state index contributed by atoms with van der Waals surface area (Å²) in [6, 6.07) is 8.04. The lowest BCUT2D eigenvalue weighted by molar-refractivity contribution is 0.542. The molecule has 1 fully saturated rings. The number of sulfone groups is 1. The third-order valence-electron chi connectivity index (χ3n) is 3.72. The molecule has 1 atom stereocenters. The van der Waals surface area contributed by atoms with Gasteiger partial charge in [0.15, 0.2) is 9.84 Å². The van der Waals surface area contributed by atoms with Gasteiger partial charge in [0, 0.05) is 6.42 Å². The number of para-hydroxylation sites is 2. The van der Waals surface area contributed by atoms with Crippen LogP contribution in [0.3, 0.4) is 0 Å². The number of benzene rings is 1. The van der Waals surface area contributed by atoms with Gasteiger partial charge in [0.25, 0.3) is 0 Å². The van der Waals surface area contributed by atoms with E-state index in [1.165, 1.54) is 0 Å². The van der Waals surface area contributed by atoms with E-state index in [4.69, 9.17) is 0 Å².